The number of benzene rings is 2. The summed E-state index contributed by atoms with van der Waals surface area (Å²) in [6.45, 7) is 6.83. The van der Waals surface area contributed by atoms with Crippen LogP contribution in [-0.4, -0.2) is 58.0 Å². The lowest BCUT2D eigenvalue weighted by Gasteiger charge is -2.27. The van der Waals surface area contributed by atoms with Crippen molar-refractivity contribution >= 4 is 33.2 Å². The van der Waals surface area contributed by atoms with Gasteiger partial charge in [-0.2, -0.15) is 0 Å². The molecule has 2 aromatic carbocycles. The van der Waals surface area contributed by atoms with Crippen LogP contribution in [0.25, 0.3) is 0 Å². The van der Waals surface area contributed by atoms with E-state index in [1.807, 2.05) is 12.1 Å². The predicted octanol–water partition coefficient (Wildman–Crippen LogP) is 3.14. The maximum Gasteiger partial charge on any atom is 0.261 e. The third-order valence-electron chi connectivity index (χ3n) is 6.30. The first-order chi connectivity index (χ1) is 16.2. The number of hydrogen-bond donors (Lipinski definition) is 1. The Labute approximate surface area is 200 Å². The van der Waals surface area contributed by atoms with Crippen LogP contribution in [0.2, 0.25) is 0 Å². The molecule has 0 aromatic heterocycles. The van der Waals surface area contributed by atoms with Gasteiger partial charge in [0.2, 0.25) is 11.8 Å². The Morgan fingerprint density at radius 1 is 0.971 bits per heavy atom. The van der Waals surface area contributed by atoms with Gasteiger partial charge in [-0.05, 0) is 53.8 Å². The van der Waals surface area contributed by atoms with Crippen molar-refractivity contribution in [3.8, 4) is 0 Å². The zero-order valence-corrected chi connectivity index (χ0v) is 20.4. The fourth-order valence-corrected chi connectivity index (χ4v) is 5.38. The number of anilines is 2. The number of fused-ring (bicyclic) bond motifs is 1. The minimum Gasteiger partial charge on any atom is -0.378 e. The highest BCUT2D eigenvalue weighted by atomic mass is 32.2. The van der Waals surface area contributed by atoms with Crippen LogP contribution < -0.4 is 9.62 Å². The first-order valence-electron chi connectivity index (χ1n) is 11.7. The van der Waals surface area contributed by atoms with E-state index in [0.717, 1.165) is 11.1 Å². The maximum absolute atomic E-state index is 12.9. The number of nitrogens with one attached hydrogen (secondary N) is 1. The van der Waals surface area contributed by atoms with E-state index in [1.54, 1.807) is 34.1 Å². The molecule has 1 fully saturated rings. The number of carbonyl (C=O) groups is 2. The molecule has 0 atom stereocenters. The van der Waals surface area contributed by atoms with Crippen LogP contribution in [-0.2, 0) is 30.8 Å². The number of nitrogens with zero attached hydrogens (tertiary/aromatic N) is 2. The smallest absolute Gasteiger partial charge is 0.261 e. The molecule has 0 saturated carbocycles. The molecule has 2 aromatic rings. The molecule has 1 N–H and O–H groups in total. The van der Waals surface area contributed by atoms with Gasteiger partial charge in [0.05, 0.1) is 18.1 Å². The molecule has 182 valence electrons. The first kappa shape index (κ1) is 24.2. The van der Waals surface area contributed by atoms with Gasteiger partial charge < -0.3 is 14.5 Å². The normalized spacial score (nSPS) is 16.0. The van der Waals surface area contributed by atoms with Crippen molar-refractivity contribution < 1.29 is 22.7 Å². The number of rotatable bonds is 7. The Balaban J connectivity index is 1.40. The minimum absolute atomic E-state index is 0.0370. The lowest BCUT2D eigenvalue weighted by Crippen LogP contribution is -2.41. The summed E-state index contributed by atoms with van der Waals surface area (Å²) >= 11 is 0. The monoisotopic (exact) mass is 485 g/mol. The number of amides is 2. The van der Waals surface area contributed by atoms with Crippen molar-refractivity contribution in [3.63, 3.8) is 0 Å². The highest BCUT2D eigenvalue weighted by Gasteiger charge is 2.27. The Kier molecular flexibility index (Phi) is 7.23. The third-order valence-corrected chi connectivity index (χ3v) is 7.68. The van der Waals surface area contributed by atoms with Gasteiger partial charge in [0.15, 0.2) is 0 Å². The van der Waals surface area contributed by atoms with E-state index in [1.165, 1.54) is 6.07 Å². The molecule has 2 amide bonds. The lowest BCUT2D eigenvalue weighted by molar-refractivity contribution is -0.136. The first-order valence-corrected chi connectivity index (χ1v) is 13.1. The molecule has 2 aliphatic heterocycles. The van der Waals surface area contributed by atoms with Crippen molar-refractivity contribution in [2.24, 2.45) is 0 Å². The quantitative estimate of drug-likeness (QED) is 0.650. The van der Waals surface area contributed by atoms with E-state index >= 15 is 0 Å². The second-order valence-electron chi connectivity index (χ2n) is 8.96. The van der Waals surface area contributed by atoms with Crippen molar-refractivity contribution in [2.75, 3.05) is 42.5 Å². The largest absolute Gasteiger partial charge is 0.378 e. The average molecular weight is 486 g/mol. The Hall–Kier alpha value is -2.91. The number of morpholine rings is 1. The summed E-state index contributed by atoms with van der Waals surface area (Å²) < 4.78 is 33.7. The van der Waals surface area contributed by atoms with Gasteiger partial charge in [-0.1, -0.05) is 26.0 Å². The Morgan fingerprint density at radius 2 is 1.65 bits per heavy atom. The predicted molar refractivity (Wildman–Crippen MR) is 130 cm³/mol. The van der Waals surface area contributed by atoms with Gasteiger partial charge in [-0.3, -0.25) is 14.3 Å². The van der Waals surface area contributed by atoms with Crippen LogP contribution in [0.15, 0.2) is 47.4 Å². The fraction of sp³-hybridized carbons (Fsp3) is 0.440. The van der Waals surface area contributed by atoms with Crippen LogP contribution in [0, 0.1) is 0 Å². The van der Waals surface area contributed by atoms with E-state index in [0.29, 0.717) is 56.6 Å². The van der Waals surface area contributed by atoms with Crippen molar-refractivity contribution in [1.82, 2.24) is 4.90 Å². The summed E-state index contributed by atoms with van der Waals surface area (Å²) in [7, 11) is -3.75. The molecule has 1 saturated heterocycles. The van der Waals surface area contributed by atoms with Crippen molar-refractivity contribution in [3.05, 3.63) is 53.6 Å². The molecule has 2 heterocycles. The summed E-state index contributed by atoms with van der Waals surface area (Å²) in [6, 6.07) is 12.2. The molecule has 0 bridgehead atoms. The third kappa shape index (κ3) is 5.42. The van der Waals surface area contributed by atoms with Crippen LogP contribution in [0.1, 0.15) is 43.7 Å². The van der Waals surface area contributed by atoms with E-state index in [-0.39, 0.29) is 29.6 Å². The second kappa shape index (κ2) is 10.1. The van der Waals surface area contributed by atoms with Crippen molar-refractivity contribution in [1.29, 1.82) is 0 Å². The zero-order valence-electron chi connectivity index (χ0n) is 19.6. The average Bonchev–Trinajstić information content (AvgIpc) is 3.26. The molecule has 0 unspecified atom stereocenters. The number of ether oxygens (including phenoxy) is 1. The lowest BCUT2D eigenvalue weighted by atomic mass is 10.0. The molecule has 34 heavy (non-hydrogen) atoms. The van der Waals surface area contributed by atoms with Crippen LogP contribution in [0.5, 0.6) is 0 Å². The van der Waals surface area contributed by atoms with Gasteiger partial charge in [0, 0.05) is 43.9 Å². The van der Waals surface area contributed by atoms with E-state index in [9.17, 15) is 18.0 Å². The van der Waals surface area contributed by atoms with Gasteiger partial charge in [-0.15, -0.1) is 0 Å². The van der Waals surface area contributed by atoms with Gasteiger partial charge in [0.25, 0.3) is 10.0 Å². The summed E-state index contributed by atoms with van der Waals surface area (Å²) in [5.41, 5.74) is 3.17. The minimum atomic E-state index is -3.75. The van der Waals surface area contributed by atoms with Crippen LogP contribution in [0.3, 0.4) is 0 Å². The molecular formula is C25H31N3O5S. The molecule has 0 aliphatic carbocycles. The highest BCUT2D eigenvalue weighted by molar-refractivity contribution is 7.92. The fourth-order valence-electron chi connectivity index (χ4n) is 4.27. The molecule has 2 aliphatic rings. The van der Waals surface area contributed by atoms with Gasteiger partial charge in [0.1, 0.15) is 0 Å². The van der Waals surface area contributed by atoms with E-state index in [2.05, 4.69) is 18.6 Å². The topological polar surface area (TPSA) is 96.0 Å². The number of sulfonamides is 1. The van der Waals surface area contributed by atoms with Crippen LogP contribution in [0.4, 0.5) is 11.4 Å². The van der Waals surface area contributed by atoms with Crippen molar-refractivity contribution in [2.45, 2.75) is 43.9 Å². The molecular weight excluding hydrogens is 454 g/mol. The summed E-state index contributed by atoms with van der Waals surface area (Å²) in [6.07, 6.45) is 0.866. The van der Waals surface area contributed by atoms with Gasteiger partial charge >= 0.3 is 0 Å². The standard InChI is InChI=1S/C25H31N3O5S/c1-18(2)19-3-5-21(6-4-19)26-34(31,32)22-7-8-23-20(17-22)11-12-28(23)25(30)10-9-24(29)27-13-15-33-16-14-27/h3-8,17-18,26H,9-16H2,1-2H3. The summed E-state index contributed by atoms with van der Waals surface area (Å²) in [5.74, 6) is 0.204. The summed E-state index contributed by atoms with van der Waals surface area (Å²) in [4.78, 5) is 28.7. The molecule has 0 radical (unpaired) electrons. The molecule has 9 heteroatoms. The number of hydrogen-bond acceptors (Lipinski definition) is 5. The maximum atomic E-state index is 12.9. The molecule has 4 rings (SSSR count). The second-order valence-corrected chi connectivity index (χ2v) is 10.6. The number of carbonyl (C=O) groups excluding carboxylic acids is 2. The van der Waals surface area contributed by atoms with Gasteiger partial charge in [-0.25, -0.2) is 8.42 Å². The molecule has 0 spiro atoms. The van der Waals surface area contributed by atoms with E-state index in [4.69, 9.17) is 4.74 Å². The van der Waals surface area contributed by atoms with E-state index < -0.39 is 10.0 Å². The molecule has 8 nitrogen and oxygen atoms in total. The van der Waals surface area contributed by atoms with Crippen LogP contribution >= 0.6 is 0 Å². The Bertz CT molecular complexity index is 1160. The Morgan fingerprint density at radius 3 is 2.32 bits per heavy atom. The zero-order chi connectivity index (χ0) is 24.3. The highest BCUT2D eigenvalue weighted by Crippen LogP contribution is 2.31. The SMILES string of the molecule is CC(C)c1ccc(NS(=O)(=O)c2ccc3c(c2)CCN3C(=O)CCC(=O)N2CCOCC2)cc1. The summed E-state index contributed by atoms with van der Waals surface area (Å²) in [5, 5.41) is 0.